The number of carbonyl (C=O) groups excluding carboxylic acids is 4. The van der Waals surface area contributed by atoms with Crippen molar-refractivity contribution in [2.75, 3.05) is 11.6 Å². The van der Waals surface area contributed by atoms with Crippen LogP contribution in [0.25, 0.3) is 0 Å². The number of benzene rings is 2. The van der Waals surface area contributed by atoms with Crippen LogP contribution >= 0.6 is 0 Å². The fraction of sp³-hybridized carbons (Fsp3) is 0.273. The summed E-state index contributed by atoms with van der Waals surface area (Å²) < 4.78 is 23.0. The summed E-state index contributed by atoms with van der Waals surface area (Å²) in [6.45, 7) is 0.449. The average molecular weight is 471 g/mol. The lowest BCUT2D eigenvalue weighted by Gasteiger charge is -2.29. The van der Waals surface area contributed by atoms with E-state index >= 15 is 0 Å². The summed E-state index contributed by atoms with van der Waals surface area (Å²) in [4.78, 5) is 50.2. The zero-order valence-electron chi connectivity index (χ0n) is 17.8. The van der Waals surface area contributed by atoms with Crippen molar-refractivity contribution in [3.63, 3.8) is 0 Å². The number of fused-ring (bicyclic) bond motifs is 1. The second kappa shape index (κ2) is 8.66. The molecule has 172 valence electrons. The molecule has 10 nitrogen and oxygen atoms in total. The van der Waals surface area contributed by atoms with Crippen LogP contribution in [0.1, 0.15) is 34.3 Å². The molecule has 3 N–H and O–H groups in total. The molecule has 2 aromatic carbocycles. The first-order valence-corrected chi connectivity index (χ1v) is 12.1. The Morgan fingerprint density at radius 2 is 1.85 bits per heavy atom. The molecule has 0 saturated carbocycles. The van der Waals surface area contributed by atoms with Crippen molar-refractivity contribution < 1.29 is 27.6 Å². The van der Waals surface area contributed by atoms with Crippen molar-refractivity contribution in [2.24, 2.45) is 0 Å². The van der Waals surface area contributed by atoms with Gasteiger partial charge in [0.1, 0.15) is 6.04 Å². The maximum Gasteiger partial charge on any atom is 0.319 e. The van der Waals surface area contributed by atoms with Crippen LogP contribution in [-0.2, 0) is 32.5 Å². The number of hydrogen-bond donors (Lipinski definition) is 3. The predicted molar refractivity (Wildman–Crippen MR) is 118 cm³/mol. The lowest BCUT2D eigenvalue weighted by Crippen LogP contribution is -2.52. The van der Waals surface area contributed by atoms with E-state index in [0.717, 1.165) is 11.8 Å². The van der Waals surface area contributed by atoms with Gasteiger partial charge in [-0.05, 0) is 47.9 Å². The van der Waals surface area contributed by atoms with Crippen molar-refractivity contribution in [2.45, 2.75) is 36.9 Å². The van der Waals surface area contributed by atoms with Gasteiger partial charge in [0.25, 0.3) is 5.91 Å². The van der Waals surface area contributed by atoms with Crippen LogP contribution in [0.3, 0.4) is 0 Å². The molecule has 2 aromatic rings. The van der Waals surface area contributed by atoms with Crippen LogP contribution in [0.15, 0.2) is 47.4 Å². The minimum Gasteiger partial charge on any atom is -0.334 e. The van der Waals surface area contributed by atoms with Crippen LogP contribution < -0.4 is 16.0 Å². The van der Waals surface area contributed by atoms with Crippen LogP contribution in [0.5, 0.6) is 0 Å². The second-order valence-electron chi connectivity index (χ2n) is 8.00. The van der Waals surface area contributed by atoms with Gasteiger partial charge < -0.3 is 15.5 Å². The summed E-state index contributed by atoms with van der Waals surface area (Å²) in [6.07, 6.45) is 1.59. The third-order valence-electron chi connectivity index (χ3n) is 5.59. The Labute approximate surface area is 190 Å². The number of nitrogens with one attached hydrogen (secondary N) is 3. The largest absolute Gasteiger partial charge is 0.334 e. The highest BCUT2D eigenvalue weighted by Gasteiger charge is 2.39. The van der Waals surface area contributed by atoms with Gasteiger partial charge in [-0.2, -0.15) is 0 Å². The van der Waals surface area contributed by atoms with Crippen molar-refractivity contribution in [3.8, 4) is 0 Å². The molecule has 2 aliphatic heterocycles. The highest BCUT2D eigenvalue weighted by molar-refractivity contribution is 7.90. The second-order valence-corrected chi connectivity index (χ2v) is 10.0. The van der Waals surface area contributed by atoms with Crippen molar-refractivity contribution in [1.29, 1.82) is 0 Å². The van der Waals surface area contributed by atoms with Gasteiger partial charge in [0.05, 0.1) is 4.90 Å². The molecule has 0 aromatic heterocycles. The molecule has 4 rings (SSSR count). The maximum absolute atomic E-state index is 12.9. The molecule has 33 heavy (non-hydrogen) atoms. The number of amides is 5. The Balaban J connectivity index is 1.36. The summed E-state index contributed by atoms with van der Waals surface area (Å²) in [5, 5.41) is 7.58. The molecule has 1 fully saturated rings. The first-order valence-electron chi connectivity index (χ1n) is 10.2. The van der Waals surface area contributed by atoms with E-state index in [0.29, 0.717) is 23.2 Å². The van der Waals surface area contributed by atoms with E-state index in [1.54, 1.807) is 18.2 Å². The Kier molecular flexibility index (Phi) is 5.90. The Bertz CT molecular complexity index is 1260. The molecule has 0 aliphatic carbocycles. The summed E-state index contributed by atoms with van der Waals surface area (Å²) in [6, 6.07) is 9.91. The van der Waals surface area contributed by atoms with Crippen LogP contribution in [0, 0.1) is 0 Å². The van der Waals surface area contributed by atoms with Crippen molar-refractivity contribution in [3.05, 3.63) is 59.2 Å². The lowest BCUT2D eigenvalue weighted by molar-refractivity contribution is -0.136. The topological polar surface area (TPSA) is 142 Å². The zero-order valence-corrected chi connectivity index (χ0v) is 18.6. The number of hydrogen-bond acceptors (Lipinski definition) is 6. The van der Waals surface area contributed by atoms with E-state index < -0.39 is 27.8 Å². The van der Waals surface area contributed by atoms with Gasteiger partial charge in [-0.1, -0.05) is 12.1 Å². The fourth-order valence-corrected chi connectivity index (χ4v) is 4.49. The van der Waals surface area contributed by atoms with Crippen LogP contribution in [-0.4, -0.2) is 49.4 Å². The quantitative estimate of drug-likeness (QED) is 0.560. The number of sulfone groups is 1. The third-order valence-corrected chi connectivity index (χ3v) is 6.71. The van der Waals surface area contributed by atoms with Crippen molar-refractivity contribution in [1.82, 2.24) is 15.5 Å². The van der Waals surface area contributed by atoms with E-state index in [-0.39, 0.29) is 36.2 Å². The van der Waals surface area contributed by atoms with Gasteiger partial charge in [0, 0.05) is 37.0 Å². The Morgan fingerprint density at radius 3 is 2.52 bits per heavy atom. The number of urea groups is 1. The standard InChI is InChI=1S/C22H22N4O6S/c1-33(31,32)16-6-4-15(5-7-16)24-22(30)23-11-13-2-3-14-12-26(21(29)17(14)10-13)18-8-9-19(27)25-20(18)28/h2-7,10,18H,8-9,11-12H2,1H3,(H2,23,24,30)(H,25,27,28). The molecule has 1 atom stereocenters. The molecule has 2 aliphatic rings. The summed E-state index contributed by atoms with van der Waals surface area (Å²) in [5.74, 6) is -1.08. The summed E-state index contributed by atoms with van der Waals surface area (Å²) in [7, 11) is -3.32. The van der Waals surface area contributed by atoms with Crippen LogP contribution in [0.4, 0.5) is 10.5 Å². The Morgan fingerprint density at radius 1 is 1.12 bits per heavy atom. The lowest BCUT2D eigenvalue weighted by atomic mass is 10.0. The number of anilines is 1. The molecule has 0 spiro atoms. The molecule has 0 bridgehead atoms. The molecule has 1 saturated heterocycles. The van der Waals surface area contributed by atoms with E-state index in [2.05, 4.69) is 16.0 Å². The zero-order chi connectivity index (χ0) is 23.8. The van der Waals surface area contributed by atoms with Gasteiger partial charge in [0.15, 0.2) is 9.84 Å². The van der Waals surface area contributed by atoms with E-state index in [1.165, 1.54) is 29.2 Å². The highest BCUT2D eigenvalue weighted by Crippen LogP contribution is 2.28. The minimum atomic E-state index is -3.32. The SMILES string of the molecule is CS(=O)(=O)c1ccc(NC(=O)NCc2ccc3c(c2)C(=O)N(C2CCC(=O)NC2=O)C3)cc1. The minimum absolute atomic E-state index is 0.155. The fourth-order valence-electron chi connectivity index (χ4n) is 3.85. The van der Waals surface area contributed by atoms with Gasteiger partial charge in [-0.15, -0.1) is 0 Å². The molecular formula is C22H22N4O6S. The normalized spacial score (nSPS) is 18.0. The first-order chi connectivity index (χ1) is 15.6. The number of piperidine rings is 1. The van der Waals surface area contributed by atoms with E-state index in [1.807, 2.05) is 0 Å². The third kappa shape index (κ3) is 4.87. The molecule has 5 amide bonds. The smallest absolute Gasteiger partial charge is 0.319 e. The maximum atomic E-state index is 12.9. The van der Waals surface area contributed by atoms with E-state index in [9.17, 15) is 27.6 Å². The summed E-state index contributed by atoms with van der Waals surface area (Å²) >= 11 is 0. The first kappa shape index (κ1) is 22.5. The molecular weight excluding hydrogens is 448 g/mol. The molecule has 0 radical (unpaired) electrons. The van der Waals surface area contributed by atoms with Crippen molar-refractivity contribution >= 4 is 39.3 Å². The summed E-state index contributed by atoms with van der Waals surface area (Å²) in [5.41, 5.74) is 2.39. The number of nitrogens with zero attached hydrogens (tertiary/aromatic N) is 1. The number of carbonyl (C=O) groups is 4. The average Bonchev–Trinajstić information content (AvgIpc) is 3.08. The van der Waals surface area contributed by atoms with Gasteiger partial charge >= 0.3 is 6.03 Å². The van der Waals surface area contributed by atoms with Gasteiger partial charge in [-0.3, -0.25) is 19.7 Å². The van der Waals surface area contributed by atoms with E-state index in [4.69, 9.17) is 0 Å². The molecule has 11 heteroatoms. The molecule has 2 heterocycles. The monoisotopic (exact) mass is 470 g/mol. The Hall–Kier alpha value is -3.73. The highest BCUT2D eigenvalue weighted by atomic mass is 32.2. The molecule has 1 unspecified atom stereocenters. The van der Waals surface area contributed by atoms with Gasteiger partial charge in [0.2, 0.25) is 11.8 Å². The number of rotatable bonds is 5. The van der Waals surface area contributed by atoms with Crippen LogP contribution in [0.2, 0.25) is 0 Å². The van der Waals surface area contributed by atoms with Gasteiger partial charge in [-0.25, -0.2) is 13.2 Å². The number of imide groups is 1. The predicted octanol–water partition coefficient (Wildman–Crippen LogP) is 1.17.